The Hall–Kier alpha value is -2.57. The number of benzene rings is 2. The second-order valence-corrected chi connectivity index (χ2v) is 8.48. The fourth-order valence-electron chi connectivity index (χ4n) is 4.24. The molecule has 2 aliphatic rings. The summed E-state index contributed by atoms with van der Waals surface area (Å²) in [6, 6.07) is 12.3. The van der Waals surface area contributed by atoms with E-state index >= 15 is 0 Å². The molecule has 0 radical (unpaired) electrons. The molecule has 1 unspecified atom stereocenters. The maximum atomic E-state index is 13.1. The van der Waals surface area contributed by atoms with Gasteiger partial charge in [0, 0.05) is 23.5 Å². The summed E-state index contributed by atoms with van der Waals surface area (Å²) in [7, 11) is 2.13. The van der Waals surface area contributed by atoms with Crippen molar-refractivity contribution in [3.63, 3.8) is 0 Å². The van der Waals surface area contributed by atoms with Gasteiger partial charge < -0.3 is 20.3 Å². The molecular formula is C22H23N3O2S. The molecule has 2 N–H and O–H groups in total. The molecule has 2 aliphatic heterocycles. The number of hydrogen-bond acceptors (Lipinski definition) is 5. The molecule has 1 amide bonds. The Labute approximate surface area is 168 Å². The number of hydrogen-bond donors (Lipinski definition) is 2. The molecule has 0 saturated heterocycles. The molecule has 0 spiro atoms. The van der Waals surface area contributed by atoms with Crippen molar-refractivity contribution in [2.45, 2.75) is 26.1 Å². The number of likely N-dealkylation sites (N-methyl/N-ethyl adjacent to an activating group) is 1. The van der Waals surface area contributed by atoms with Gasteiger partial charge in [-0.3, -0.25) is 4.79 Å². The van der Waals surface area contributed by atoms with Gasteiger partial charge in [-0.15, -0.1) is 11.3 Å². The van der Waals surface area contributed by atoms with Gasteiger partial charge in [-0.05, 0) is 42.8 Å². The van der Waals surface area contributed by atoms with Gasteiger partial charge in [0.2, 0.25) is 0 Å². The highest BCUT2D eigenvalue weighted by Crippen LogP contribution is 2.43. The van der Waals surface area contributed by atoms with Crippen LogP contribution in [-0.4, -0.2) is 31.0 Å². The molecule has 0 fully saturated rings. The highest BCUT2D eigenvalue weighted by Gasteiger charge is 2.34. The normalized spacial score (nSPS) is 18.9. The first-order valence-electron chi connectivity index (χ1n) is 9.70. The van der Waals surface area contributed by atoms with E-state index in [1.165, 1.54) is 10.4 Å². The van der Waals surface area contributed by atoms with Crippen molar-refractivity contribution < 1.29 is 9.53 Å². The van der Waals surface area contributed by atoms with Gasteiger partial charge in [-0.25, -0.2) is 0 Å². The van der Waals surface area contributed by atoms with E-state index in [4.69, 9.17) is 4.74 Å². The van der Waals surface area contributed by atoms with E-state index in [2.05, 4.69) is 40.8 Å². The number of carbonyl (C=O) groups excluding carboxylic acids is 1. The zero-order valence-corrected chi connectivity index (χ0v) is 16.9. The lowest BCUT2D eigenvalue weighted by Gasteiger charge is -2.29. The first-order chi connectivity index (χ1) is 13.7. The van der Waals surface area contributed by atoms with Crippen LogP contribution in [0.2, 0.25) is 0 Å². The summed E-state index contributed by atoms with van der Waals surface area (Å²) in [4.78, 5) is 16.7. The molecule has 1 atom stereocenters. The van der Waals surface area contributed by atoms with E-state index in [-0.39, 0.29) is 12.1 Å². The van der Waals surface area contributed by atoms with Gasteiger partial charge in [-0.1, -0.05) is 30.3 Å². The summed E-state index contributed by atoms with van der Waals surface area (Å²) in [5.41, 5.74) is 3.04. The number of thiophene rings is 1. The second kappa shape index (κ2) is 6.79. The molecule has 5 nitrogen and oxygen atoms in total. The van der Waals surface area contributed by atoms with E-state index in [0.717, 1.165) is 52.2 Å². The second-order valence-electron chi connectivity index (χ2n) is 7.38. The van der Waals surface area contributed by atoms with E-state index < -0.39 is 0 Å². The largest absolute Gasteiger partial charge is 0.493 e. The minimum absolute atomic E-state index is 0.0104. The minimum atomic E-state index is -0.314. The van der Waals surface area contributed by atoms with Gasteiger partial charge in [0.05, 0.1) is 12.2 Å². The molecule has 28 heavy (non-hydrogen) atoms. The van der Waals surface area contributed by atoms with Crippen LogP contribution in [0.4, 0.5) is 5.00 Å². The Balaban J connectivity index is 1.61. The van der Waals surface area contributed by atoms with Crippen molar-refractivity contribution in [2.75, 3.05) is 25.5 Å². The number of ether oxygens (including phenoxy) is 1. The number of anilines is 1. The van der Waals surface area contributed by atoms with Crippen molar-refractivity contribution in [1.82, 2.24) is 10.2 Å². The topological polar surface area (TPSA) is 53.6 Å². The van der Waals surface area contributed by atoms with Crippen LogP contribution in [-0.2, 0) is 13.0 Å². The molecule has 2 aromatic carbocycles. The summed E-state index contributed by atoms with van der Waals surface area (Å²) in [5.74, 6) is 0.819. The Morgan fingerprint density at radius 2 is 2.07 bits per heavy atom. The number of rotatable bonds is 3. The van der Waals surface area contributed by atoms with Gasteiger partial charge in [0.1, 0.15) is 16.9 Å². The van der Waals surface area contributed by atoms with Crippen molar-refractivity contribution >= 4 is 33.0 Å². The van der Waals surface area contributed by atoms with E-state index in [1.807, 2.05) is 25.1 Å². The third-order valence-electron chi connectivity index (χ3n) is 5.54. The summed E-state index contributed by atoms with van der Waals surface area (Å²) >= 11 is 1.71. The van der Waals surface area contributed by atoms with Gasteiger partial charge in [-0.2, -0.15) is 0 Å². The Morgan fingerprint density at radius 1 is 1.21 bits per heavy atom. The van der Waals surface area contributed by atoms with Gasteiger partial charge in [0.25, 0.3) is 5.91 Å². The van der Waals surface area contributed by atoms with E-state index in [0.29, 0.717) is 6.61 Å². The molecule has 0 saturated carbocycles. The first kappa shape index (κ1) is 17.5. The predicted octanol–water partition coefficient (Wildman–Crippen LogP) is 4.14. The lowest BCUT2D eigenvalue weighted by Crippen LogP contribution is -2.39. The van der Waals surface area contributed by atoms with Crippen LogP contribution in [0.5, 0.6) is 5.75 Å². The number of nitrogens with one attached hydrogen (secondary N) is 2. The van der Waals surface area contributed by atoms with Crippen LogP contribution >= 0.6 is 11.3 Å². The smallest absolute Gasteiger partial charge is 0.256 e. The fraction of sp³-hybridized carbons (Fsp3) is 0.318. The lowest BCUT2D eigenvalue weighted by molar-refractivity contribution is 0.0934. The molecule has 3 heterocycles. The van der Waals surface area contributed by atoms with Crippen LogP contribution < -0.4 is 15.4 Å². The third kappa shape index (κ3) is 2.75. The van der Waals surface area contributed by atoms with E-state index in [1.54, 1.807) is 11.3 Å². The van der Waals surface area contributed by atoms with Crippen LogP contribution in [0.3, 0.4) is 0 Å². The van der Waals surface area contributed by atoms with Crippen LogP contribution in [0.25, 0.3) is 10.8 Å². The lowest BCUT2D eigenvalue weighted by atomic mass is 9.98. The number of fused-ring (bicyclic) bond motifs is 4. The monoisotopic (exact) mass is 393 g/mol. The number of nitrogens with zero attached hydrogens (tertiary/aromatic N) is 1. The SMILES string of the molecule is CCOc1ccc2ccccc2c1C1NC(=O)c2c(sc3c2CCN(C)C3)N1. The molecular weight excluding hydrogens is 370 g/mol. The number of carbonyl (C=O) groups is 1. The molecule has 0 bridgehead atoms. The van der Waals surface area contributed by atoms with Crippen LogP contribution in [0.1, 0.15) is 39.5 Å². The van der Waals surface area contributed by atoms with Crippen molar-refractivity contribution in [3.8, 4) is 5.75 Å². The third-order valence-corrected chi connectivity index (χ3v) is 6.69. The molecule has 3 aromatic rings. The average Bonchev–Trinajstić information content (AvgIpc) is 3.05. The maximum Gasteiger partial charge on any atom is 0.256 e. The summed E-state index contributed by atoms with van der Waals surface area (Å²) in [6.45, 7) is 4.46. The van der Waals surface area contributed by atoms with Gasteiger partial charge >= 0.3 is 0 Å². The molecule has 144 valence electrons. The molecule has 1 aromatic heterocycles. The predicted molar refractivity (Wildman–Crippen MR) is 113 cm³/mol. The average molecular weight is 394 g/mol. The van der Waals surface area contributed by atoms with Crippen molar-refractivity contribution in [3.05, 3.63) is 58.0 Å². The maximum absolute atomic E-state index is 13.1. The molecule has 5 rings (SSSR count). The first-order valence-corrected chi connectivity index (χ1v) is 10.5. The number of amides is 1. The zero-order chi connectivity index (χ0) is 19.3. The van der Waals surface area contributed by atoms with Crippen molar-refractivity contribution in [1.29, 1.82) is 0 Å². The standard InChI is InChI=1S/C22H23N3O2S/c1-3-27-16-9-8-13-6-4-5-7-14(13)18(16)20-23-21(26)19-15-10-11-25(2)12-17(15)28-22(19)24-20/h4-9,20,24H,3,10-12H2,1-2H3,(H,23,26). The Morgan fingerprint density at radius 3 is 2.93 bits per heavy atom. The fourth-order valence-corrected chi connectivity index (χ4v) is 5.60. The molecule has 6 heteroatoms. The highest BCUT2D eigenvalue weighted by atomic mass is 32.1. The van der Waals surface area contributed by atoms with Crippen LogP contribution in [0.15, 0.2) is 36.4 Å². The minimum Gasteiger partial charge on any atom is -0.493 e. The van der Waals surface area contributed by atoms with Crippen LogP contribution in [0, 0.1) is 0 Å². The quantitative estimate of drug-likeness (QED) is 0.702. The summed E-state index contributed by atoms with van der Waals surface area (Å²) in [6.07, 6.45) is 0.612. The zero-order valence-electron chi connectivity index (χ0n) is 16.0. The summed E-state index contributed by atoms with van der Waals surface area (Å²) in [5, 5.41) is 9.99. The van der Waals surface area contributed by atoms with Gasteiger partial charge in [0.15, 0.2) is 0 Å². The highest BCUT2D eigenvalue weighted by molar-refractivity contribution is 7.16. The van der Waals surface area contributed by atoms with E-state index in [9.17, 15) is 4.79 Å². The Bertz CT molecular complexity index is 1080. The Kier molecular flexibility index (Phi) is 4.25. The molecule has 0 aliphatic carbocycles. The summed E-state index contributed by atoms with van der Waals surface area (Å²) < 4.78 is 5.92. The van der Waals surface area contributed by atoms with Crippen molar-refractivity contribution in [2.24, 2.45) is 0 Å².